The van der Waals surface area contributed by atoms with Crippen molar-refractivity contribution in [3.63, 3.8) is 0 Å². The topological polar surface area (TPSA) is 17.1 Å². The third-order valence-electron chi connectivity index (χ3n) is 2.76. The molecule has 2 aromatic rings. The van der Waals surface area contributed by atoms with Gasteiger partial charge in [0.25, 0.3) is 0 Å². The summed E-state index contributed by atoms with van der Waals surface area (Å²) in [4.78, 5) is 13.3. The number of carbonyl (C=O) groups excluding carboxylic acids is 1. The fourth-order valence-electron chi connectivity index (χ4n) is 1.71. The molecule has 0 spiro atoms. The number of hydrogen-bond donors (Lipinski definition) is 0. The molecule has 0 amide bonds. The summed E-state index contributed by atoms with van der Waals surface area (Å²) in [6.45, 7) is 0. The lowest BCUT2D eigenvalue weighted by molar-refractivity contribution is 0.0993. The van der Waals surface area contributed by atoms with Crippen molar-refractivity contribution in [2.24, 2.45) is 0 Å². The van der Waals surface area contributed by atoms with Crippen LogP contribution in [0.5, 0.6) is 0 Å². The lowest BCUT2D eigenvalue weighted by Crippen LogP contribution is -2.03. The van der Waals surface area contributed by atoms with E-state index in [0.717, 1.165) is 10.5 Å². The maximum atomic E-state index is 12.1. The van der Waals surface area contributed by atoms with Crippen LogP contribution in [0.4, 0.5) is 0 Å². The van der Waals surface area contributed by atoms with Gasteiger partial charge in [0.1, 0.15) is 0 Å². The smallest absolute Gasteiger partial charge is 0.167 e. The highest BCUT2D eigenvalue weighted by Gasteiger charge is 2.08. The highest BCUT2D eigenvalue weighted by atomic mass is 35.5. The van der Waals surface area contributed by atoms with Crippen LogP contribution >= 0.6 is 35.0 Å². The van der Waals surface area contributed by atoms with Crippen molar-refractivity contribution in [3.05, 3.63) is 63.6 Å². The van der Waals surface area contributed by atoms with E-state index in [0.29, 0.717) is 22.0 Å². The Morgan fingerprint density at radius 2 is 1.74 bits per heavy atom. The predicted octanol–water partition coefficient (Wildman–Crippen LogP) is 5.14. The van der Waals surface area contributed by atoms with Crippen molar-refractivity contribution in [2.75, 3.05) is 6.26 Å². The zero-order valence-electron chi connectivity index (χ0n) is 10.3. The second-order valence-corrected chi connectivity index (χ2v) is 5.77. The van der Waals surface area contributed by atoms with Crippen LogP contribution < -0.4 is 0 Å². The molecule has 0 atom stereocenters. The molecule has 4 heteroatoms. The standard InChI is InChI=1S/C15H12Cl2OS/c1-19-12-5-3-11(4-6-12)15(18)9-10-2-7-13(16)14(17)8-10/h2-8H,9H2,1H3. The van der Waals surface area contributed by atoms with E-state index >= 15 is 0 Å². The van der Waals surface area contributed by atoms with Gasteiger partial charge in [-0.2, -0.15) is 0 Å². The van der Waals surface area contributed by atoms with E-state index in [9.17, 15) is 4.79 Å². The number of ketones is 1. The Hall–Kier alpha value is -0.960. The van der Waals surface area contributed by atoms with Gasteiger partial charge in [0.2, 0.25) is 0 Å². The number of rotatable bonds is 4. The van der Waals surface area contributed by atoms with Crippen molar-refractivity contribution < 1.29 is 4.79 Å². The molecule has 0 heterocycles. The number of carbonyl (C=O) groups is 1. The molecule has 0 fully saturated rings. The van der Waals surface area contributed by atoms with Crippen LogP contribution in [0.25, 0.3) is 0 Å². The number of thioether (sulfide) groups is 1. The molecular formula is C15H12Cl2OS. The molecule has 2 rings (SSSR count). The molecule has 2 aromatic carbocycles. The van der Waals surface area contributed by atoms with Gasteiger partial charge in [-0.3, -0.25) is 4.79 Å². The first kappa shape index (κ1) is 14.4. The van der Waals surface area contributed by atoms with Crippen molar-refractivity contribution >= 4 is 40.7 Å². The van der Waals surface area contributed by atoms with Crippen molar-refractivity contribution in [1.29, 1.82) is 0 Å². The summed E-state index contributed by atoms with van der Waals surface area (Å²) in [7, 11) is 0. The zero-order valence-corrected chi connectivity index (χ0v) is 12.6. The minimum atomic E-state index is 0.0750. The number of benzene rings is 2. The third kappa shape index (κ3) is 3.75. The zero-order chi connectivity index (χ0) is 13.8. The van der Waals surface area contributed by atoms with Crippen molar-refractivity contribution in [3.8, 4) is 0 Å². The number of halogens is 2. The minimum absolute atomic E-state index is 0.0750. The molecule has 0 unspecified atom stereocenters. The minimum Gasteiger partial charge on any atom is -0.294 e. The van der Waals surface area contributed by atoms with Crippen LogP contribution in [0.2, 0.25) is 10.0 Å². The highest BCUT2D eigenvalue weighted by Crippen LogP contribution is 2.23. The summed E-state index contributed by atoms with van der Waals surface area (Å²) in [5, 5.41) is 0.979. The molecule has 0 saturated heterocycles. The van der Waals surface area contributed by atoms with Gasteiger partial charge in [0, 0.05) is 16.9 Å². The van der Waals surface area contributed by atoms with E-state index in [-0.39, 0.29) is 5.78 Å². The Labute approximate surface area is 126 Å². The average molecular weight is 311 g/mol. The van der Waals surface area contributed by atoms with Crippen LogP contribution in [0.15, 0.2) is 47.4 Å². The summed E-state index contributed by atoms with van der Waals surface area (Å²) < 4.78 is 0. The van der Waals surface area contributed by atoms with Gasteiger partial charge in [-0.05, 0) is 36.1 Å². The lowest BCUT2D eigenvalue weighted by Gasteiger charge is -2.04. The van der Waals surface area contributed by atoms with Gasteiger partial charge in [-0.1, -0.05) is 41.4 Å². The normalized spacial score (nSPS) is 10.5. The molecule has 0 N–H and O–H groups in total. The first-order valence-electron chi connectivity index (χ1n) is 5.71. The molecule has 0 radical (unpaired) electrons. The van der Waals surface area contributed by atoms with Crippen LogP contribution in [-0.4, -0.2) is 12.0 Å². The van der Waals surface area contributed by atoms with E-state index in [1.807, 2.05) is 36.6 Å². The second kappa shape index (κ2) is 6.47. The Morgan fingerprint density at radius 1 is 1.05 bits per heavy atom. The average Bonchev–Trinajstić information content (AvgIpc) is 2.43. The Morgan fingerprint density at radius 3 is 2.32 bits per heavy atom. The second-order valence-electron chi connectivity index (χ2n) is 4.08. The van der Waals surface area contributed by atoms with Gasteiger partial charge in [-0.15, -0.1) is 11.8 Å². The maximum Gasteiger partial charge on any atom is 0.167 e. The lowest BCUT2D eigenvalue weighted by atomic mass is 10.0. The van der Waals surface area contributed by atoms with E-state index in [4.69, 9.17) is 23.2 Å². The Balaban J connectivity index is 2.13. The Kier molecular flexibility index (Phi) is 4.92. The summed E-state index contributed by atoms with van der Waals surface area (Å²) in [6.07, 6.45) is 2.34. The monoisotopic (exact) mass is 310 g/mol. The quantitative estimate of drug-likeness (QED) is 0.574. The molecule has 0 aromatic heterocycles. The fourth-order valence-corrected chi connectivity index (χ4v) is 2.44. The summed E-state index contributed by atoms with van der Waals surface area (Å²) in [6, 6.07) is 12.9. The maximum absolute atomic E-state index is 12.1. The van der Waals surface area contributed by atoms with Crippen LogP contribution in [0.1, 0.15) is 15.9 Å². The van der Waals surface area contributed by atoms with E-state index < -0.39 is 0 Å². The van der Waals surface area contributed by atoms with E-state index in [2.05, 4.69) is 0 Å². The van der Waals surface area contributed by atoms with Gasteiger partial charge in [-0.25, -0.2) is 0 Å². The summed E-state index contributed by atoms with van der Waals surface area (Å²) in [5.74, 6) is 0.0750. The molecule has 19 heavy (non-hydrogen) atoms. The van der Waals surface area contributed by atoms with Crippen LogP contribution in [0.3, 0.4) is 0 Å². The van der Waals surface area contributed by atoms with Crippen LogP contribution in [0, 0.1) is 0 Å². The molecule has 1 nitrogen and oxygen atoms in total. The first-order valence-corrected chi connectivity index (χ1v) is 7.69. The fraction of sp³-hybridized carbons (Fsp3) is 0.133. The molecule has 0 aliphatic carbocycles. The molecule has 0 bridgehead atoms. The van der Waals surface area contributed by atoms with Crippen molar-refractivity contribution in [2.45, 2.75) is 11.3 Å². The Bertz CT molecular complexity index is 594. The van der Waals surface area contributed by atoms with Gasteiger partial charge >= 0.3 is 0 Å². The number of Topliss-reactive ketones (excluding diaryl/α,β-unsaturated/α-hetero) is 1. The highest BCUT2D eigenvalue weighted by molar-refractivity contribution is 7.98. The molecular weight excluding hydrogens is 299 g/mol. The van der Waals surface area contributed by atoms with Crippen LogP contribution in [-0.2, 0) is 6.42 Å². The molecule has 0 saturated carbocycles. The largest absolute Gasteiger partial charge is 0.294 e. The van der Waals surface area contributed by atoms with Gasteiger partial charge in [0.15, 0.2) is 5.78 Å². The SMILES string of the molecule is CSc1ccc(C(=O)Cc2ccc(Cl)c(Cl)c2)cc1. The molecule has 0 aliphatic heterocycles. The van der Waals surface area contributed by atoms with Gasteiger partial charge < -0.3 is 0 Å². The number of hydrogen-bond acceptors (Lipinski definition) is 2. The third-order valence-corrected chi connectivity index (χ3v) is 4.24. The summed E-state index contributed by atoms with van der Waals surface area (Å²) in [5.41, 5.74) is 1.58. The molecule has 0 aliphatic rings. The first-order chi connectivity index (χ1) is 9.10. The van der Waals surface area contributed by atoms with Gasteiger partial charge in [0.05, 0.1) is 10.0 Å². The summed E-state index contributed by atoms with van der Waals surface area (Å²) >= 11 is 13.4. The van der Waals surface area contributed by atoms with E-state index in [1.54, 1.807) is 23.9 Å². The van der Waals surface area contributed by atoms with E-state index in [1.165, 1.54) is 0 Å². The molecule has 98 valence electrons. The predicted molar refractivity (Wildman–Crippen MR) is 82.7 cm³/mol. The van der Waals surface area contributed by atoms with Crippen molar-refractivity contribution in [1.82, 2.24) is 0 Å².